The Balaban J connectivity index is 0.000000162. The van der Waals surface area contributed by atoms with Gasteiger partial charge in [-0.15, -0.1) is 51.2 Å². The number of hydrogen-bond donors (Lipinski definition) is 0. The summed E-state index contributed by atoms with van der Waals surface area (Å²) >= 11 is 0. The summed E-state index contributed by atoms with van der Waals surface area (Å²) in [5.41, 5.74) is 23.9. The molecule has 566 valence electrons. The first-order valence-corrected chi connectivity index (χ1v) is 38.9. The number of pyridine rings is 2. The Bertz CT molecular complexity index is 7260. The molecule has 0 aliphatic rings. The smallest absolute Gasteiger partial charge is 0.188 e. The first-order valence-electron chi connectivity index (χ1n) is 40.4. The maximum absolute atomic E-state index is 8.32. The fourth-order valence-corrected chi connectivity index (χ4v) is 17.6. The number of para-hydroxylation sites is 7. The molecule has 0 bridgehead atoms. The van der Waals surface area contributed by atoms with Crippen molar-refractivity contribution >= 4 is 65.7 Å². The van der Waals surface area contributed by atoms with E-state index in [0.29, 0.717) is 5.52 Å². The minimum atomic E-state index is -2.36. The third-order valence-electron chi connectivity index (χ3n) is 22.8. The van der Waals surface area contributed by atoms with Crippen LogP contribution in [0.2, 0.25) is 0 Å². The average Bonchev–Trinajstić information content (AvgIpc) is 1.30. The van der Waals surface area contributed by atoms with Crippen LogP contribution in [0.4, 0.5) is 0 Å². The van der Waals surface area contributed by atoms with Crippen LogP contribution in [0.15, 0.2) is 407 Å². The van der Waals surface area contributed by atoms with E-state index < -0.39 is 17.8 Å². The standard InChI is InChI=1S/C56H39N4.C51H37N4.2Pt/c1-40-18-11-12-27-48(40)41-34-35-57-55(36-41)60-51-29-14-13-28-49(51)50-33-32-45(38-54(50)60)56(42-19-5-2-6-20-42,43-21-7-3-8-22-43)44-23-17-26-47(37-44)59-39-58(46-24-9-4-10-25-46)52-30-15-16-31-53(52)59;1-36-16-9-10-23-43(36)37-30-31-52-50(32-37)55-46-25-12-11-24-44(46)45-29-28-41(34-49(45)55)51(38-17-5-3-6-18-38,39-19-7-4-8-20-39)40-21-15-22-42(33-40)54-35-53(2)47-26-13-14-27-48(47)54;;/h2-36,39H,1H3;3-32,35H,1-2H3;;/q2*-1;;/i;2D3;;. The molecule has 6 heterocycles. The van der Waals surface area contributed by atoms with Gasteiger partial charge in [0.25, 0.3) is 0 Å². The van der Waals surface area contributed by atoms with Crippen molar-refractivity contribution in [3.8, 4) is 51.0 Å². The van der Waals surface area contributed by atoms with Crippen LogP contribution in [-0.4, -0.2) is 37.4 Å². The predicted molar refractivity (Wildman–Crippen MR) is 470 cm³/mol. The third kappa shape index (κ3) is 13.0. The van der Waals surface area contributed by atoms with Crippen molar-refractivity contribution in [1.29, 1.82) is 0 Å². The van der Waals surface area contributed by atoms with E-state index in [-0.39, 0.29) is 42.1 Å². The molecule has 0 radical (unpaired) electrons. The zero-order valence-corrected chi connectivity index (χ0v) is 68.4. The third-order valence-corrected chi connectivity index (χ3v) is 22.8. The second-order valence-electron chi connectivity index (χ2n) is 29.3. The van der Waals surface area contributed by atoms with E-state index in [1.807, 2.05) is 65.5 Å². The quantitative estimate of drug-likeness (QED) is 0.0759. The average molecular weight is 1870 g/mol. The largest absolute Gasteiger partial charge is 0.319 e. The van der Waals surface area contributed by atoms with E-state index in [9.17, 15) is 0 Å². The fourth-order valence-electron chi connectivity index (χ4n) is 17.6. The Morgan fingerprint density at radius 2 is 0.650 bits per heavy atom. The minimum absolute atomic E-state index is 0. The molecule has 21 rings (SSSR count). The number of hydrogen-bond acceptors (Lipinski definition) is 2. The summed E-state index contributed by atoms with van der Waals surface area (Å²) in [5, 5.41) is 4.46. The molecule has 0 atom stereocenters. The summed E-state index contributed by atoms with van der Waals surface area (Å²) in [6.45, 7) is 1.94. The zero-order chi connectivity index (χ0) is 79.5. The number of imidazole rings is 2. The van der Waals surface area contributed by atoms with Gasteiger partial charge in [-0.25, -0.2) is 23.7 Å². The normalized spacial score (nSPS) is 12.1. The van der Waals surface area contributed by atoms with Gasteiger partial charge < -0.3 is 9.13 Å². The van der Waals surface area contributed by atoms with Crippen LogP contribution in [-0.2, 0) is 59.9 Å². The van der Waals surface area contributed by atoms with Gasteiger partial charge >= 0.3 is 0 Å². The molecule has 0 N–H and O–H groups in total. The molecule has 0 spiro atoms. The molecule has 0 unspecified atom stereocenters. The molecule has 8 nitrogen and oxygen atoms in total. The summed E-state index contributed by atoms with van der Waals surface area (Å²) in [6, 6.07) is 150. The number of nitrogens with zero attached hydrogens (tertiary/aromatic N) is 8. The van der Waals surface area contributed by atoms with Crippen molar-refractivity contribution in [1.82, 2.24) is 37.4 Å². The topological polar surface area (TPSA) is 55.4 Å². The van der Waals surface area contributed by atoms with Crippen LogP contribution in [0.5, 0.6) is 0 Å². The van der Waals surface area contributed by atoms with Gasteiger partial charge in [-0.05, 0) is 141 Å². The van der Waals surface area contributed by atoms with Crippen molar-refractivity contribution in [3.63, 3.8) is 0 Å². The molecule has 21 aromatic rings. The SMILES string of the molecule is Cc1ccccc1-c1ccnc(-n2c3[c-]c(C(c4[c-]c(-n5[cH+]n(-c6ccccc6)c6ccccc65)ccc4)(c4ccccc4)c4ccccc4)ccc3c3ccccc32)c1.[2H]C([2H])([2H])n1[cH+]n(-c2[c-]c(C(c3[c-]c4c(cc3)c3ccccc3n4-c3cc(-c4ccccc4C)ccn3)(c3ccccc3)c3ccccc3)ccc2)c2ccccc21.[Pt].[Pt]. The molecule has 10 heteroatoms. The van der Waals surface area contributed by atoms with Crippen molar-refractivity contribution in [2.75, 3.05) is 0 Å². The minimum Gasteiger partial charge on any atom is -0.319 e. The van der Waals surface area contributed by atoms with E-state index in [1.54, 1.807) is 6.33 Å². The Morgan fingerprint density at radius 1 is 0.299 bits per heavy atom. The summed E-state index contributed by atoms with van der Waals surface area (Å²) < 4.78 is 37.3. The second-order valence-corrected chi connectivity index (χ2v) is 29.3. The van der Waals surface area contributed by atoms with Crippen LogP contribution >= 0.6 is 0 Å². The predicted octanol–water partition coefficient (Wildman–Crippen LogP) is 24.8. The molecule has 0 amide bonds. The van der Waals surface area contributed by atoms with Crippen LogP contribution in [0, 0.1) is 38.1 Å². The molecule has 0 aliphatic carbocycles. The van der Waals surface area contributed by atoms with E-state index in [1.165, 1.54) is 26.8 Å². The van der Waals surface area contributed by atoms with Gasteiger partial charge in [-0.1, -0.05) is 254 Å². The molecule has 0 fully saturated rings. The molecule has 0 aliphatic heterocycles. The number of fused-ring (bicyclic) bond motifs is 8. The summed E-state index contributed by atoms with van der Waals surface area (Å²) in [7, 11) is 0. The maximum atomic E-state index is 8.32. The van der Waals surface area contributed by atoms with Crippen molar-refractivity contribution in [3.05, 3.63) is 487 Å². The van der Waals surface area contributed by atoms with Crippen molar-refractivity contribution in [2.24, 2.45) is 6.98 Å². The first kappa shape index (κ1) is 71.3. The van der Waals surface area contributed by atoms with Crippen molar-refractivity contribution < 1.29 is 46.2 Å². The first-order chi connectivity index (χ1) is 58.0. The molecule has 0 saturated heterocycles. The van der Waals surface area contributed by atoms with E-state index >= 15 is 0 Å². The van der Waals surface area contributed by atoms with Crippen LogP contribution in [0.25, 0.3) is 117 Å². The molecule has 15 aromatic carbocycles. The number of aryl methyl sites for hydroxylation is 3. The monoisotopic (exact) mass is 1870 g/mol. The van der Waals surface area contributed by atoms with Gasteiger partial charge in [-0.3, -0.25) is 0 Å². The van der Waals surface area contributed by atoms with Gasteiger partial charge in [0.05, 0.1) is 0 Å². The van der Waals surface area contributed by atoms with Crippen LogP contribution in [0.3, 0.4) is 0 Å². The number of rotatable bonds is 15. The Hall–Kier alpha value is -13.5. The molecular weight excluding hydrogens is 1790 g/mol. The van der Waals surface area contributed by atoms with Gasteiger partial charge in [0, 0.05) is 123 Å². The summed E-state index contributed by atoms with van der Waals surface area (Å²) in [4.78, 5) is 10.0. The van der Waals surface area contributed by atoms with E-state index in [2.05, 4.69) is 396 Å². The maximum Gasteiger partial charge on any atom is 0.188 e. The number of aromatic nitrogens is 8. The summed E-state index contributed by atoms with van der Waals surface area (Å²) in [6.07, 6.45) is 7.65. The van der Waals surface area contributed by atoms with E-state index in [0.717, 1.165) is 144 Å². The van der Waals surface area contributed by atoms with Gasteiger partial charge in [-0.2, -0.15) is 65.2 Å². The van der Waals surface area contributed by atoms with Crippen LogP contribution < -0.4 is 0 Å². The van der Waals surface area contributed by atoms with Gasteiger partial charge in [0.2, 0.25) is 0 Å². The number of benzene rings is 15. The Morgan fingerprint density at radius 3 is 1.08 bits per heavy atom. The Labute approximate surface area is 713 Å². The molecule has 117 heavy (non-hydrogen) atoms. The van der Waals surface area contributed by atoms with E-state index in [4.69, 9.17) is 14.1 Å². The molecule has 0 saturated carbocycles. The van der Waals surface area contributed by atoms with Crippen molar-refractivity contribution in [2.45, 2.75) is 24.7 Å². The molecular formula is C107H76N8Pt2-2. The second kappa shape index (κ2) is 31.7. The van der Waals surface area contributed by atoms with Gasteiger partial charge in [0.1, 0.15) is 17.3 Å². The Kier molecular flexibility index (Phi) is 19.3. The zero-order valence-electron chi connectivity index (χ0n) is 66.9. The summed E-state index contributed by atoms with van der Waals surface area (Å²) in [5.74, 6) is 1.65. The van der Waals surface area contributed by atoms with Crippen LogP contribution in [0.1, 0.15) is 59.7 Å². The molecule has 6 aromatic heterocycles. The fraction of sp³-hybridized carbons (Fsp3) is 0.0467. The van der Waals surface area contributed by atoms with Gasteiger partial charge in [0.15, 0.2) is 34.7 Å².